The van der Waals surface area contributed by atoms with Crippen molar-refractivity contribution in [1.82, 2.24) is 0 Å². The topological polar surface area (TPSA) is 89.7 Å². The molecule has 2 fully saturated rings. The lowest BCUT2D eigenvalue weighted by Crippen LogP contribution is -2.64. The van der Waals surface area contributed by atoms with Gasteiger partial charge in [-0.3, -0.25) is 0 Å². The van der Waals surface area contributed by atoms with E-state index in [0.29, 0.717) is 24.9 Å². The van der Waals surface area contributed by atoms with E-state index in [-0.39, 0.29) is 42.1 Å². The summed E-state index contributed by atoms with van der Waals surface area (Å²) in [7, 11) is 0. The molecule has 2 N–H and O–H groups in total. The highest BCUT2D eigenvalue weighted by Crippen LogP contribution is 2.63. The Hall–Kier alpha value is -3.56. The average molecular weight is 752 g/mol. The van der Waals surface area contributed by atoms with E-state index < -0.39 is 5.79 Å². The minimum Gasteiger partial charge on any atom is -0.460 e. The second-order valence-electron chi connectivity index (χ2n) is 15.2. The molecule has 1 heterocycles. The average Bonchev–Trinajstić information content (AvgIpc) is 3.72. The molecule has 0 spiro atoms. The molecule has 0 aromatic heterocycles. The van der Waals surface area contributed by atoms with Crippen LogP contribution in [-0.2, 0) is 9.57 Å². The van der Waals surface area contributed by atoms with Gasteiger partial charge in [-0.2, -0.15) is 0 Å². The van der Waals surface area contributed by atoms with Crippen molar-refractivity contribution in [3.8, 4) is 28.4 Å². The molecule has 2 saturated carbocycles. The maximum absolute atomic E-state index is 9.90. The van der Waals surface area contributed by atoms with Crippen LogP contribution in [0.5, 0.6) is 17.2 Å². The highest BCUT2D eigenvalue weighted by Gasteiger charge is 2.64. The molecular formula is C46H57NO6S. The van der Waals surface area contributed by atoms with Gasteiger partial charge in [0.1, 0.15) is 23.9 Å². The van der Waals surface area contributed by atoms with Gasteiger partial charge in [-0.1, -0.05) is 85.5 Å². The molecule has 7 rings (SSSR count). The van der Waals surface area contributed by atoms with Gasteiger partial charge in [0.25, 0.3) is 0 Å². The first kappa shape index (κ1) is 38.7. The number of thioether (sulfide) groups is 1. The Kier molecular flexibility index (Phi) is 13.2. The zero-order chi connectivity index (χ0) is 37.3. The highest BCUT2D eigenvalue weighted by molar-refractivity contribution is 8.00. The summed E-state index contributed by atoms with van der Waals surface area (Å²) >= 11 is 2.02. The van der Waals surface area contributed by atoms with Crippen molar-refractivity contribution >= 4 is 17.5 Å². The summed E-state index contributed by atoms with van der Waals surface area (Å²) in [5.41, 5.74) is 5.61. The molecule has 4 aliphatic rings. The van der Waals surface area contributed by atoms with E-state index in [1.54, 1.807) is 0 Å². The number of fused-ring (bicyclic) bond motifs is 2. The van der Waals surface area contributed by atoms with Crippen LogP contribution in [-0.4, -0.2) is 58.6 Å². The van der Waals surface area contributed by atoms with E-state index in [0.717, 1.165) is 72.6 Å². The van der Waals surface area contributed by atoms with Crippen molar-refractivity contribution in [1.29, 1.82) is 0 Å². The third-order valence-corrected chi connectivity index (χ3v) is 13.5. The van der Waals surface area contributed by atoms with Gasteiger partial charge >= 0.3 is 0 Å². The Labute approximate surface area is 325 Å². The third kappa shape index (κ3) is 8.32. The Morgan fingerprint density at radius 2 is 1.63 bits per heavy atom. The van der Waals surface area contributed by atoms with E-state index in [4.69, 9.17) is 24.2 Å². The molecule has 288 valence electrons. The number of rotatable bonds is 18. The van der Waals surface area contributed by atoms with Gasteiger partial charge in [0.05, 0.1) is 23.5 Å². The van der Waals surface area contributed by atoms with Crippen LogP contribution < -0.4 is 9.47 Å². The van der Waals surface area contributed by atoms with Crippen molar-refractivity contribution in [2.45, 2.75) is 99.8 Å². The SMILES string of the molecule is C=CCOC12Oc3ccc(Oc4ccc(-c5ccccc5)cc4)cc3C3C(CCCCO)C(CCCCO)C=C(C(=NOCC)CC1SC1CCCC1)C32. The lowest BCUT2D eigenvalue weighted by atomic mass is 9.56. The lowest BCUT2D eigenvalue weighted by molar-refractivity contribution is -0.223. The molecule has 0 saturated heterocycles. The van der Waals surface area contributed by atoms with Crippen LogP contribution in [0.1, 0.15) is 89.0 Å². The lowest BCUT2D eigenvalue weighted by Gasteiger charge is -2.58. The van der Waals surface area contributed by atoms with Gasteiger partial charge in [-0.05, 0) is 104 Å². The smallest absolute Gasteiger partial charge is 0.230 e. The van der Waals surface area contributed by atoms with Crippen LogP contribution >= 0.6 is 11.8 Å². The normalized spacial score (nSPS) is 26.8. The third-order valence-electron chi connectivity index (χ3n) is 11.8. The van der Waals surface area contributed by atoms with Crippen LogP contribution in [0.25, 0.3) is 11.1 Å². The minimum absolute atomic E-state index is 0.000595. The Balaban J connectivity index is 1.34. The predicted octanol–water partition coefficient (Wildman–Crippen LogP) is 10.5. The highest BCUT2D eigenvalue weighted by atomic mass is 32.2. The van der Waals surface area contributed by atoms with Gasteiger partial charge in [-0.15, -0.1) is 18.3 Å². The summed E-state index contributed by atoms with van der Waals surface area (Å²) in [6.45, 7) is 7.29. The monoisotopic (exact) mass is 751 g/mol. The molecule has 0 bridgehead atoms. The Bertz CT molecular complexity index is 1740. The summed E-state index contributed by atoms with van der Waals surface area (Å²) in [4.78, 5) is 5.87. The molecule has 0 amide bonds. The van der Waals surface area contributed by atoms with E-state index in [1.165, 1.54) is 36.8 Å². The van der Waals surface area contributed by atoms with Crippen molar-refractivity contribution < 1.29 is 29.3 Å². The van der Waals surface area contributed by atoms with E-state index in [2.05, 4.69) is 61.2 Å². The number of hydrogen-bond donors (Lipinski definition) is 2. The van der Waals surface area contributed by atoms with Crippen LogP contribution in [0, 0.1) is 17.8 Å². The van der Waals surface area contributed by atoms with E-state index in [1.807, 2.05) is 49.0 Å². The number of ether oxygens (including phenoxy) is 3. The van der Waals surface area contributed by atoms with Gasteiger partial charge in [-0.25, -0.2) is 0 Å². The van der Waals surface area contributed by atoms with Gasteiger partial charge in [0.2, 0.25) is 5.79 Å². The van der Waals surface area contributed by atoms with E-state index in [9.17, 15) is 10.2 Å². The Morgan fingerprint density at radius 3 is 2.35 bits per heavy atom. The van der Waals surface area contributed by atoms with Crippen molar-refractivity contribution in [2.75, 3.05) is 26.4 Å². The first-order valence-corrected chi connectivity index (χ1v) is 21.2. The van der Waals surface area contributed by atoms with Crippen LogP contribution in [0.15, 0.2) is 102 Å². The summed E-state index contributed by atoms with van der Waals surface area (Å²) in [6, 6.07) is 25.0. The molecule has 0 radical (unpaired) electrons. The molecule has 8 heteroatoms. The fourth-order valence-corrected chi connectivity index (χ4v) is 11.2. The maximum Gasteiger partial charge on any atom is 0.230 e. The maximum atomic E-state index is 9.90. The van der Waals surface area contributed by atoms with Gasteiger partial charge in [0.15, 0.2) is 0 Å². The van der Waals surface area contributed by atoms with Crippen molar-refractivity contribution in [2.24, 2.45) is 22.9 Å². The molecule has 6 atom stereocenters. The largest absolute Gasteiger partial charge is 0.460 e. The molecule has 3 aromatic carbocycles. The van der Waals surface area contributed by atoms with E-state index >= 15 is 0 Å². The number of aliphatic hydroxyl groups is 2. The van der Waals surface area contributed by atoms with Crippen LogP contribution in [0.4, 0.5) is 0 Å². The zero-order valence-electron chi connectivity index (χ0n) is 31.7. The van der Waals surface area contributed by atoms with Gasteiger partial charge in [0, 0.05) is 36.4 Å². The summed E-state index contributed by atoms with van der Waals surface area (Å²) in [5, 5.41) is 25.1. The number of oxime groups is 1. The van der Waals surface area contributed by atoms with Crippen molar-refractivity contribution in [3.05, 3.63) is 103 Å². The number of aliphatic hydroxyl groups excluding tert-OH is 2. The quantitative estimate of drug-likeness (QED) is 0.0760. The molecule has 7 nitrogen and oxygen atoms in total. The second-order valence-corrected chi connectivity index (χ2v) is 16.7. The number of benzene rings is 3. The summed E-state index contributed by atoms with van der Waals surface area (Å²) in [6.07, 6.45) is 15.2. The molecule has 3 aromatic rings. The standard InChI is InChI=1S/C46H57NO6S/c1-3-28-50-46-43(54-37-17-8-9-18-37)31-41(47-51-4-2)39-29-34(16-10-12-26-48)38(19-11-13-27-49)44(45(39)46)40-30-36(24-25-42(40)53-46)52-35-22-20-33(21-23-35)32-14-6-5-7-15-32/h3,5-7,14-15,20-25,29-30,34,37-38,43-45,48-49H,1,4,8-13,16-19,26-28,31H2,2H3. The van der Waals surface area contributed by atoms with Crippen molar-refractivity contribution in [3.63, 3.8) is 0 Å². The molecule has 1 aliphatic heterocycles. The predicted molar refractivity (Wildman–Crippen MR) is 218 cm³/mol. The van der Waals surface area contributed by atoms with Gasteiger partial charge < -0.3 is 29.3 Å². The fourth-order valence-electron chi connectivity index (χ4n) is 9.39. The first-order valence-electron chi connectivity index (χ1n) is 20.3. The number of unbranched alkanes of at least 4 members (excludes halogenated alkanes) is 2. The number of allylic oxidation sites excluding steroid dienone is 1. The molecule has 54 heavy (non-hydrogen) atoms. The molecular weight excluding hydrogens is 695 g/mol. The first-order chi connectivity index (χ1) is 26.6. The molecule has 3 aliphatic carbocycles. The summed E-state index contributed by atoms with van der Waals surface area (Å²) < 4.78 is 21.0. The fraction of sp³-hybridized carbons (Fsp3) is 0.500. The number of nitrogens with zero attached hydrogens (tertiary/aromatic N) is 1. The zero-order valence-corrected chi connectivity index (χ0v) is 32.6. The molecule has 6 unspecified atom stereocenters. The van der Waals surface area contributed by atoms with Crippen LogP contribution in [0.3, 0.4) is 0 Å². The minimum atomic E-state index is -0.933. The van der Waals surface area contributed by atoms with Crippen LogP contribution in [0.2, 0.25) is 0 Å². The second kappa shape index (κ2) is 18.4. The Morgan fingerprint density at radius 1 is 0.907 bits per heavy atom. The summed E-state index contributed by atoms with van der Waals surface area (Å²) in [5.74, 6) is 1.86. The number of hydrogen-bond acceptors (Lipinski definition) is 8.